The molecule has 1 heterocycles. The molecule has 0 spiro atoms. The summed E-state index contributed by atoms with van der Waals surface area (Å²) in [6.45, 7) is 8.57. The number of nitrogens with two attached hydrogens (primary N) is 1. The van der Waals surface area contributed by atoms with Crippen LogP contribution in [0.5, 0.6) is 0 Å². The molecule has 0 bridgehead atoms. The molecule has 1 fully saturated rings. The number of hydrogen-bond acceptors (Lipinski definition) is 2. The molecule has 0 amide bonds. The molecule has 2 N–H and O–H groups in total. The van der Waals surface area contributed by atoms with Crippen LogP contribution >= 0.6 is 0 Å². The Kier molecular flexibility index (Phi) is 5.17. The largest absolute Gasteiger partial charge is 0.324 e. The van der Waals surface area contributed by atoms with E-state index in [1.165, 1.54) is 12.8 Å². The highest BCUT2D eigenvalue weighted by Crippen LogP contribution is 2.24. The van der Waals surface area contributed by atoms with Gasteiger partial charge in [-0.25, -0.2) is 4.39 Å². The van der Waals surface area contributed by atoms with Gasteiger partial charge in [0.05, 0.1) is 0 Å². The van der Waals surface area contributed by atoms with Crippen LogP contribution in [0.2, 0.25) is 0 Å². The Bertz CT molecular complexity index is 447. The number of halogens is 1. The van der Waals surface area contributed by atoms with Gasteiger partial charge in [0.25, 0.3) is 0 Å². The topological polar surface area (TPSA) is 29.3 Å². The minimum absolute atomic E-state index is 0.0725. The van der Waals surface area contributed by atoms with Crippen LogP contribution in [0.15, 0.2) is 18.2 Å². The Morgan fingerprint density at radius 1 is 1.40 bits per heavy atom. The molecule has 3 heteroatoms. The van der Waals surface area contributed by atoms with E-state index in [-0.39, 0.29) is 11.9 Å². The second kappa shape index (κ2) is 6.68. The zero-order valence-corrected chi connectivity index (χ0v) is 12.9. The fourth-order valence-corrected chi connectivity index (χ4v) is 3.10. The molecule has 1 aromatic rings. The molecule has 20 heavy (non-hydrogen) atoms. The minimum Gasteiger partial charge on any atom is -0.324 e. The summed E-state index contributed by atoms with van der Waals surface area (Å²) in [5.74, 6) is 0.680. The van der Waals surface area contributed by atoms with Gasteiger partial charge >= 0.3 is 0 Å². The maximum absolute atomic E-state index is 13.6. The van der Waals surface area contributed by atoms with Gasteiger partial charge in [-0.1, -0.05) is 19.1 Å². The van der Waals surface area contributed by atoms with Crippen molar-refractivity contribution in [1.29, 1.82) is 0 Å². The Balaban J connectivity index is 1.88. The number of hydrogen-bond donors (Lipinski definition) is 1. The minimum atomic E-state index is -0.155. The van der Waals surface area contributed by atoms with Crippen molar-refractivity contribution in [3.05, 3.63) is 35.1 Å². The lowest BCUT2D eigenvalue weighted by atomic mass is 9.93. The number of piperidine rings is 1. The van der Waals surface area contributed by atoms with Crippen molar-refractivity contribution >= 4 is 0 Å². The molecule has 1 aliphatic rings. The molecule has 0 radical (unpaired) electrons. The first-order valence-electron chi connectivity index (χ1n) is 7.73. The summed E-state index contributed by atoms with van der Waals surface area (Å²) in [5.41, 5.74) is 7.80. The van der Waals surface area contributed by atoms with Crippen molar-refractivity contribution in [2.45, 2.75) is 52.1 Å². The molecule has 0 saturated carbocycles. The lowest BCUT2D eigenvalue weighted by molar-refractivity contribution is 0.125. The van der Waals surface area contributed by atoms with E-state index in [0.29, 0.717) is 11.6 Å². The Morgan fingerprint density at radius 2 is 2.15 bits per heavy atom. The first-order chi connectivity index (χ1) is 9.47. The highest BCUT2D eigenvalue weighted by Gasteiger charge is 2.23. The Hall–Kier alpha value is -0.930. The van der Waals surface area contributed by atoms with Gasteiger partial charge in [0, 0.05) is 18.6 Å². The second-order valence-electron chi connectivity index (χ2n) is 6.42. The molecule has 0 aliphatic carbocycles. The zero-order chi connectivity index (χ0) is 14.7. The molecular weight excluding hydrogens is 251 g/mol. The third-order valence-corrected chi connectivity index (χ3v) is 4.63. The third kappa shape index (κ3) is 3.80. The van der Waals surface area contributed by atoms with Crippen LogP contribution in [0.1, 0.15) is 50.3 Å². The van der Waals surface area contributed by atoms with Crippen LogP contribution in [0.4, 0.5) is 4.39 Å². The van der Waals surface area contributed by atoms with Gasteiger partial charge in [-0.05, 0) is 62.8 Å². The third-order valence-electron chi connectivity index (χ3n) is 4.63. The summed E-state index contributed by atoms with van der Waals surface area (Å²) in [4.78, 5) is 2.52. The van der Waals surface area contributed by atoms with E-state index in [1.807, 2.05) is 12.1 Å². The van der Waals surface area contributed by atoms with E-state index in [0.717, 1.165) is 31.0 Å². The number of nitrogens with zero attached hydrogens (tertiary/aromatic N) is 1. The van der Waals surface area contributed by atoms with Crippen molar-refractivity contribution in [1.82, 2.24) is 4.90 Å². The van der Waals surface area contributed by atoms with Crippen LogP contribution in [0, 0.1) is 18.7 Å². The average Bonchev–Trinajstić information content (AvgIpc) is 2.40. The zero-order valence-electron chi connectivity index (χ0n) is 12.9. The van der Waals surface area contributed by atoms with E-state index in [2.05, 4.69) is 18.7 Å². The number of likely N-dealkylation sites (tertiary alicyclic amines) is 1. The highest BCUT2D eigenvalue weighted by molar-refractivity contribution is 5.25. The number of benzene rings is 1. The van der Waals surface area contributed by atoms with Crippen LogP contribution in [-0.2, 0) is 0 Å². The van der Waals surface area contributed by atoms with Gasteiger partial charge in [-0.15, -0.1) is 0 Å². The SMILES string of the molecule is Cc1ccc(C(N)CCN2CCC(C)CC2C)cc1F. The molecule has 3 unspecified atom stereocenters. The molecule has 0 aromatic heterocycles. The van der Waals surface area contributed by atoms with Gasteiger partial charge in [-0.2, -0.15) is 0 Å². The molecular formula is C17H27FN2. The first-order valence-corrected chi connectivity index (χ1v) is 7.73. The molecule has 3 atom stereocenters. The summed E-state index contributed by atoms with van der Waals surface area (Å²) in [6, 6.07) is 5.92. The van der Waals surface area contributed by atoms with E-state index >= 15 is 0 Å². The molecule has 2 nitrogen and oxygen atoms in total. The van der Waals surface area contributed by atoms with Crippen LogP contribution < -0.4 is 5.73 Å². The molecule has 1 aliphatic heterocycles. The molecule has 2 rings (SSSR count). The van der Waals surface area contributed by atoms with Crippen molar-refractivity contribution < 1.29 is 4.39 Å². The lowest BCUT2D eigenvalue weighted by Crippen LogP contribution is -2.41. The number of rotatable bonds is 4. The first kappa shape index (κ1) is 15.5. The maximum Gasteiger partial charge on any atom is 0.126 e. The van der Waals surface area contributed by atoms with Crippen molar-refractivity contribution in [3.63, 3.8) is 0 Å². The maximum atomic E-state index is 13.6. The Morgan fingerprint density at radius 3 is 2.80 bits per heavy atom. The summed E-state index contributed by atoms with van der Waals surface area (Å²) in [5, 5.41) is 0. The van der Waals surface area contributed by atoms with E-state index < -0.39 is 0 Å². The predicted molar refractivity (Wildman–Crippen MR) is 82.1 cm³/mol. The summed E-state index contributed by atoms with van der Waals surface area (Å²) in [6.07, 6.45) is 3.44. The van der Waals surface area contributed by atoms with Gasteiger partial charge in [-0.3, -0.25) is 0 Å². The van der Waals surface area contributed by atoms with Crippen LogP contribution in [-0.4, -0.2) is 24.0 Å². The molecule has 112 valence electrons. The lowest BCUT2D eigenvalue weighted by Gasteiger charge is -2.37. The van der Waals surface area contributed by atoms with Crippen molar-refractivity contribution in [2.75, 3.05) is 13.1 Å². The monoisotopic (exact) mass is 278 g/mol. The fourth-order valence-electron chi connectivity index (χ4n) is 3.10. The highest BCUT2D eigenvalue weighted by atomic mass is 19.1. The van der Waals surface area contributed by atoms with Gasteiger partial charge < -0.3 is 10.6 Å². The van der Waals surface area contributed by atoms with Gasteiger partial charge in [0.2, 0.25) is 0 Å². The Labute approximate surface area is 122 Å². The van der Waals surface area contributed by atoms with Crippen LogP contribution in [0.3, 0.4) is 0 Å². The second-order valence-corrected chi connectivity index (χ2v) is 6.42. The summed E-state index contributed by atoms with van der Waals surface area (Å²) < 4.78 is 13.6. The van der Waals surface area contributed by atoms with E-state index in [9.17, 15) is 4.39 Å². The predicted octanol–water partition coefficient (Wildman–Crippen LogP) is 3.64. The molecule has 1 aromatic carbocycles. The standard InChI is InChI=1S/C17H27FN2/c1-12-6-8-20(14(3)10-12)9-7-17(19)15-5-4-13(2)16(18)11-15/h4-5,11-12,14,17H,6-10,19H2,1-3H3. The van der Waals surface area contributed by atoms with Crippen molar-refractivity contribution in [2.24, 2.45) is 11.7 Å². The number of aryl methyl sites for hydroxylation is 1. The smallest absolute Gasteiger partial charge is 0.126 e. The molecule has 1 saturated heterocycles. The van der Waals surface area contributed by atoms with E-state index in [1.54, 1.807) is 13.0 Å². The fraction of sp³-hybridized carbons (Fsp3) is 0.647. The normalized spacial score (nSPS) is 25.6. The van der Waals surface area contributed by atoms with Crippen molar-refractivity contribution in [3.8, 4) is 0 Å². The van der Waals surface area contributed by atoms with E-state index in [4.69, 9.17) is 5.73 Å². The summed E-state index contributed by atoms with van der Waals surface area (Å²) >= 11 is 0. The van der Waals surface area contributed by atoms with Crippen LogP contribution in [0.25, 0.3) is 0 Å². The quantitative estimate of drug-likeness (QED) is 0.911. The van der Waals surface area contributed by atoms with Gasteiger partial charge in [0.1, 0.15) is 5.82 Å². The average molecular weight is 278 g/mol. The van der Waals surface area contributed by atoms with Gasteiger partial charge in [0.15, 0.2) is 0 Å². The summed E-state index contributed by atoms with van der Waals surface area (Å²) in [7, 11) is 0.